The van der Waals surface area contributed by atoms with E-state index in [0.717, 1.165) is 16.5 Å². The molecular formula is C38H24O. The van der Waals surface area contributed by atoms with Crippen LogP contribution >= 0.6 is 0 Å². The third kappa shape index (κ3) is 3.41. The molecule has 1 heteroatoms. The molecule has 0 atom stereocenters. The lowest BCUT2D eigenvalue weighted by Crippen LogP contribution is -1.90. The molecule has 1 nitrogen and oxygen atoms in total. The lowest BCUT2D eigenvalue weighted by molar-refractivity contribution is 0.670. The summed E-state index contributed by atoms with van der Waals surface area (Å²) in [4.78, 5) is 0. The molecule has 0 saturated heterocycles. The standard InChI is InChI=1S/C38H24O/c1-3-12-25(13-4-1)27-22-23-35-34(24-27)32-20-11-21-33(38(32)39-35)37-30-18-9-7-16-28(30)36(26-14-5-2-6-15-26)29-17-8-10-19-31(29)37/h1-24H/i2D,5D,6D,7D,8D,9D,10D,14D,15D,16D,17D,18D,19D. The van der Waals surface area contributed by atoms with Gasteiger partial charge in [-0.05, 0) is 55.9 Å². The maximum absolute atomic E-state index is 9.22. The lowest BCUT2D eigenvalue weighted by Gasteiger charge is -2.17. The topological polar surface area (TPSA) is 13.1 Å². The Morgan fingerprint density at radius 3 is 1.77 bits per heavy atom. The summed E-state index contributed by atoms with van der Waals surface area (Å²) >= 11 is 0. The Morgan fingerprint density at radius 1 is 0.436 bits per heavy atom. The van der Waals surface area contributed by atoms with Crippen LogP contribution in [0.25, 0.3) is 76.9 Å². The zero-order valence-corrected chi connectivity index (χ0v) is 20.3. The molecule has 0 aliphatic heterocycles. The molecular weight excluding hydrogens is 472 g/mol. The number of hydrogen-bond donors (Lipinski definition) is 0. The summed E-state index contributed by atoms with van der Waals surface area (Å²) in [5.41, 5.74) is 2.20. The fourth-order valence-corrected chi connectivity index (χ4v) is 5.32. The second-order valence-electron chi connectivity index (χ2n) is 9.11. The van der Waals surface area contributed by atoms with Gasteiger partial charge in [0.15, 0.2) is 0 Å². The summed E-state index contributed by atoms with van der Waals surface area (Å²) in [6.45, 7) is 0. The van der Waals surface area contributed by atoms with Crippen molar-refractivity contribution in [1.82, 2.24) is 0 Å². The Morgan fingerprint density at radius 2 is 1.08 bits per heavy atom. The van der Waals surface area contributed by atoms with Crippen LogP contribution in [0.15, 0.2) is 150 Å². The van der Waals surface area contributed by atoms with E-state index >= 15 is 0 Å². The molecule has 8 rings (SSSR count). The van der Waals surface area contributed by atoms with Gasteiger partial charge in [0.2, 0.25) is 0 Å². The molecule has 0 radical (unpaired) electrons. The van der Waals surface area contributed by atoms with Crippen LogP contribution in [0.5, 0.6) is 0 Å². The van der Waals surface area contributed by atoms with Gasteiger partial charge < -0.3 is 4.42 Å². The Hall–Kier alpha value is -5.14. The summed E-state index contributed by atoms with van der Waals surface area (Å²) in [6.07, 6.45) is 0. The number of fused-ring (bicyclic) bond motifs is 5. The summed E-state index contributed by atoms with van der Waals surface area (Å²) in [5.74, 6) is 0. The van der Waals surface area contributed by atoms with E-state index in [-0.39, 0.29) is 38.2 Å². The van der Waals surface area contributed by atoms with Crippen LogP contribution in [-0.2, 0) is 0 Å². The van der Waals surface area contributed by atoms with Crippen LogP contribution < -0.4 is 0 Å². The third-order valence-electron chi connectivity index (χ3n) is 7.00. The van der Waals surface area contributed by atoms with E-state index in [4.69, 9.17) is 19.5 Å². The molecule has 182 valence electrons. The summed E-state index contributed by atoms with van der Waals surface area (Å²) in [7, 11) is 0. The van der Waals surface area contributed by atoms with Crippen molar-refractivity contribution in [2.45, 2.75) is 0 Å². The second-order valence-corrected chi connectivity index (χ2v) is 9.11. The molecule has 0 saturated carbocycles. The number of furan rings is 1. The van der Waals surface area contributed by atoms with Crippen LogP contribution in [0.4, 0.5) is 0 Å². The van der Waals surface area contributed by atoms with Crippen LogP contribution in [-0.4, -0.2) is 0 Å². The predicted molar refractivity (Wildman–Crippen MR) is 165 cm³/mol. The van der Waals surface area contributed by atoms with Gasteiger partial charge in [0.25, 0.3) is 0 Å². The largest absolute Gasteiger partial charge is 0.455 e. The highest BCUT2D eigenvalue weighted by Crippen LogP contribution is 2.46. The molecule has 7 aromatic carbocycles. The summed E-state index contributed by atoms with van der Waals surface area (Å²) in [5, 5.41) is 0.522. The van der Waals surface area contributed by atoms with Crippen molar-refractivity contribution < 1.29 is 22.2 Å². The Kier molecular flexibility index (Phi) is 2.82. The van der Waals surface area contributed by atoms with Crippen molar-refractivity contribution in [3.05, 3.63) is 145 Å². The SMILES string of the molecule is [2H]c1c([2H])c([2H])c(-c2c3c([2H])c([2H])c([2H])c([2H])c3c(-c3cccc4c3oc3ccc(-c5ccccc5)cc34)c3c([2H])c([2H])c([2H])c([2H])c23)c([2H])c1[2H]. The number of rotatable bonds is 3. The quantitative estimate of drug-likeness (QED) is 0.216. The molecule has 0 fully saturated rings. The molecule has 8 aromatic rings. The number of para-hydroxylation sites is 1. The summed E-state index contributed by atoms with van der Waals surface area (Å²) in [6, 6.07) is 12.2. The third-order valence-corrected chi connectivity index (χ3v) is 7.00. The van der Waals surface area contributed by atoms with Crippen molar-refractivity contribution >= 4 is 43.5 Å². The zero-order valence-electron chi connectivity index (χ0n) is 33.3. The van der Waals surface area contributed by atoms with Gasteiger partial charge in [-0.2, -0.15) is 0 Å². The van der Waals surface area contributed by atoms with Gasteiger partial charge in [-0.3, -0.25) is 0 Å². The van der Waals surface area contributed by atoms with Gasteiger partial charge in [0, 0.05) is 21.9 Å². The van der Waals surface area contributed by atoms with Crippen LogP contribution in [0.2, 0.25) is 0 Å². The van der Waals surface area contributed by atoms with Crippen molar-refractivity contribution in [3.8, 4) is 33.4 Å². The average Bonchev–Trinajstić information content (AvgIpc) is 3.54. The Labute approximate surface area is 244 Å². The van der Waals surface area contributed by atoms with E-state index in [1.807, 2.05) is 54.6 Å². The molecule has 0 bridgehead atoms. The predicted octanol–water partition coefficient (Wildman–Crippen LogP) is 10.9. The minimum Gasteiger partial charge on any atom is -0.455 e. The zero-order chi connectivity index (χ0) is 37.1. The van der Waals surface area contributed by atoms with Gasteiger partial charge in [0.1, 0.15) is 11.2 Å². The van der Waals surface area contributed by atoms with E-state index in [1.54, 1.807) is 12.1 Å². The normalized spacial score (nSPS) is 16.3. The van der Waals surface area contributed by atoms with E-state index in [0.29, 0.717) is 16.6 Å². The van der Waals surface area contributed by atoms with Gasteiger partial charge in [0.05, 0.1) is 17.8 Å². The van der Waals surface area contributed by atoms with E-state index in [9.17, 15) is 2.74 Å². The minimum absolute atomic E-state index is 0.0213. The van der Waals surface area contributed by atoms with Crippen LogP contribution in [0.3, 0.4) is 0 Å². The molecule has 0 aliphatic carbocycles. The summed E-state index contributed by atoms with van der Waals surface area (Å²) < 4.78 is 121. The molecule has 0 spiro atoms. The second kappa shape index (κ2) is 8.72. The maximum Gasteiger partial charge on any atom is 0.143 e. The number of benzene rings is 7. The molecule has 0 aliphatic rings. The van der Waals surface area contributed by atoms with E-state index in [2.05, 4.69) is 0 Å². The first kappa shape index (κ1) is 12.6. The highest BCUT2D eigenvalue weighted by Gasteiger charge is 2.20. The van der Waals surface area contributed by atoms with E-state index in [1.165, 1.54) is 0 Å². The van der Waals surface area contributed by atoms with Crippen molar-refractivity contribution in [2.75, 3.05) is 0 Å². The van der Waals surface area contributed by atoms with E-state index < -0.39 is 84.1 Å². The Balaban J connectivity index is 1.65. The highest BCUT2D eigenvalue weighted by molar-refractivity contribution is 6.24. The molecule has 0 amide bonds. The van der Waals surface area contributed by atoms with Crippen molar-refractivity contribution in [1.29, 1.82) is 0 Å². The van der Waals surface area contributed by atoms with Crippen molar-refractivity contribution in [2.24, 2.45) is 0 Å². The number of hydrogen-bond acceptors (Lipinski definition) is 1. The van der Waals surface area contributed by atoms with Crippen LogP contribution in [0, 0.1) is 0 Å². The van der Waals surface area contributed by atoms with Gasteiger partial charge in [-0.15, -0.1) is 0 Å². The first-order valence-corrected chi connectivity index (χ1v) is 12.3. The molecule has 0 N–H and O–H groups in total. The average molecular weight is 510 g/mol. The fraction of sp³-hybridized carbons (Fsp3) is 0. The molecule has 1 heterocycles. The van der Waals surface area contributed by atoms with Crippen LogP contribution in [0.1, 0.15) is 17.8 Å². The smallest absolute Gasteiger partial charge is 0.143 e. The fourth-order valence-electron chi connectivity index (χ4n) is 5.32. The molecule has 39 heavy (non-hydrogen) atoms. The Bertz CT molecular complexity index is 2770. The van der Waals surface area contributed by atoms with Crippen molar-refractivity contribution in [3.63, 3.8) is 0 Å². The first-order chi connectivity index (χ1) is 24.8. The lowest BCUT2D eigenvalue weighted by atomic mass is 9.85. The molecule has 0 unspecified atom stereocenters. The highest BCUT2D eigenvalue weighted by atomic mass is 16.3. The first-order valence-electron chi connectivity index (χ1n) is 18.8. The van der Waals surface area contributed by atoms with Gasteiger partial charge in [-0.25, -0.2) is 0 Å². The van der Waals surface area contributed by atoms with Gasteiger partial charge in [-0.1, -0.05) is 133 Å². The minimum atomic E-state index is -0.718. The monoisotopic (exact) mass is 509 g/mol. The maximum atomic E-state index is 9.22. The van der Waals surface area contributed by atoms with Gasteiger partial charge >= 0.3 is 0 Å². The molecule has 1 aromatic heterocycles.